The first-order chi connectivity index (χ1) is 18.4. The van der Waals surface area contributed by atoms with E-state index in [4.69, 9.17) is 14.2 Å². The predicted molar refractivity (Wildman–Crippen MR) is 145 cm³/mol. The molecule has 1 heterocycles. The molecular weight excluding hydrogens is 484 g/mol. The number of rotatable bonds is 15. The van der Waals surface area contributed by atoms with E-state index < -0.39 is 11.9 Å². The number of cyclic esters (lactones) is 1. The topological polar surface area (TPSA) is 88.1 Å². The van der Waals surface area contributed by atoms with Crippen molar-refractivity contribution < 1.29 is 33.3 Å². The zero-order valence-electron chi connectivity index (χ0n) is 22.0. The van der Waals surface area contributed by atoms with Crippen molar-refractivity contribution in [1.29, 1.82) is 0 Å². The third-order valence-corrected chi connectivity index (χ3v) is 6.27. The van der Waals surface area contributed by atoms with Crippen molar-refractivity contribution in [3.63, 3.8) is 0 Å². The summed E-state index contributed by atoms with van der Waals surface area (Å²) < 4.78 is 21.0. The highest BCUT2D eigenvalue weighted by molar-refractivity contribution is 5.91. The molecule has 0 radical (unpaired) electrons. The number of methoxy groups -OCH3 is 1. The van der Waals surface area contributed by atoms with Gasteiger partial charge in [0, 0.05) is 18.1 Å². The van der Waals surface area contributed by atoms with Crippen LogP contribution in [0.1, 0.15) is 73.7 Å². The van der Waals surface area contributed by atoms with Gasteiger partial charge in [-0.1, -0.05) is 50.8 Å². The van der Waals surface area contributed by atoms with Crippen LogP contribution in [0.2, 0.25) is 0 Å². The first kappa shape index (κ1) is 28.7. The van der Waals surface area contributed by atoms with Gasteiger partial charge in [0.15, 0.2) is 0 Å². The molecule has 7 nitrogen and oxygen atoms in total. The molecule has 2 aromatic carbocycles. The van der Waals surface area contributed by atoms with Crippen molar-refractivity contribution in [2.75, 3.05) is 13.7 Å². The van der Waals surface area contributed by atoms with Crippen LogP contribution in [0.3, 0.4) is 0 Å². The Bertz CT molecular complexity index is 1080. The van der Waals surface area contributed by atoms with E-state index in [1.807, 2.05) is 0 Å². The highest BCUT2D eigenvalue weighted by atomic mass is 16.6. The van der Waals surface area contributed by atoms with Crippen molar-refractivity contribution >= 4 is 24.0 Å². The summed E-state index contributed by atoms with van der Waals surface area (Å²) in [6.45, 7) is 4.36. The number of hydrogen-bond acceptors (Lipinski definition) is 7. The summed E-state index contributed by atoms with van der Waals surface area (Å²) in [5.74, 6) is 0.00946. The molecule has 1 saturated heterocycles. The Morgan fingerprint density at radius 2 is 1.55 bits per heavy atom. The van der Waals surface area contributed by atoms with E-state index in [2.05, 4.69) is 11.3 Å². The molecule has 1 fully saturated rings. The lowest BCUT2D eigenvalue weighted by Crippen LogP contribution is -2.08. The van der Waals surface area contributed by atoms with Crippen LogP contribution in [0.5, 0.6) is 11.5 Å². The van der Waals surface area contributed by atoms with Crippen LogP contribution in [0.4, 0.5) is 0 Å². The average molecular weight is 521 g/mol. The molecule has 2 aromatic rings. The minimum Gasteiger partial charge on any atom is -0.494 e. The third-order valence-electron chi connectivity index (χ3n) is 6.27. The number of hydrogen-bond donors (Lipinski definition) is 0. The lowest BCUT2D eigenvalue weighted by molar-refractivity contribution is -0.139. The molecule has 0 aromatic heterocycles. The predicted octanol–water partition coefficient (Wildman–Crippen LogP) is 6.46. The molecule has 38 heavy (non-hydrogen) atoms. The molecule has 1 unspecified atom stereocenters. The smallest absolute Gasteiger partial charge is 0.343 e. The second-order valence-electron chi connectivity index (χ2n) is 9.29. The second kappa shape index (κ2) is 15.4. The first-order valence-corrected chi connectivity index (χ1v) is 13.1. The molecule has 0 saturated carbocycles. The van der Waals surface area contributed by atoms with Gasteiger partial charge >= 0.3 is 17.9 Å². The highest BCUT2D eigenvalue weighted by Crippen LogP contribution is 2.23. The van der Waals surface area contributed by atoms with E-state index >= 15 is 0 Å². The van der Waals surface area contributed by atoms with E-state index in [9.17, 15) is 14.4 Å². The van der Waals surface area contributed by atoms with Crippen LogP contribution >= 0.6 is 0 Å². The summed E-state index contributed by atoms with van der Waals surface area (Å²) in [7, 11) is 1.32. The van der Waals surface area contributed by atoms with Gasteiger partial charge in [0.05, 0.1) is 19.3 Å². The molecule has 0 N–H and O–H groups in total. The maximum atomic E-state index is 12.4. The van der Waals surface area contributed by atoms with Crippen LogP contribution in [-0.2, 0) is 19.1 Å². The first-order valence-electron chi connectivity index (χ1n) is 13.1. The van der Waals surface area contributed by atoms with Gasteiger partial charge in [0.25, 0.3) is 0 Å². The molecule has 1 aliphatic heterocycles. The zero-order valence-corrected chi connectivity index (χ0v) is 22.0. The lowest BCUT2D eigenvalue weighted by Gasteiger charge is -2.09. The Kier molecular flexibility index (Phi) is 11.6. The summed E-state index contributed by atoms with van der Waals surface area (Å²) in [4.78, 5) is 34.9. The minimum absolute atomic E-state index is 0.0356. The zero-order chi connectivity index (χ0) is 27.2. The molecule has 7 heteroatoms. The van der Waals surface area contributed by atoms with Gasteiger partial charge in [-0.25, -0.2) is 14.4 Å². The minimum atomic E-state index is -0.455. The number of benzene rings is 2. The van der Waals surface area contributed by atoms with Gasteiger partial charge in [-0.2, -0.15) is 0 Å². The molecule has 0 amide bonds. The number of esters is 3. The van der Waals surface area contributed by atoms with Crippen LogP contribution < -0.4 is 9.47 Å². The standard InChI is InChI=1S/C31H36O7/c1-23-22-28(38-30(23)33)10-8-6-4-3-5-7-9-21-36-26-18-14-25(15-19-26)31(34)37-27-16-11-24(12-17-27)13-20-29(32)35-2/h11-20,28H,1,3-10,21-22H2,2H3. The highest BCUT2D eigenvalue weighted by Gasteiger charge is 2.26. The van der Waals surface area contributed by atoms with E-state index in [1.165, 1.54) is 32.4 Å². The normalized spacial score (nSPS) is 14.9. The van der Waals surface area contributed by atoms with Gasteiger partial charge in [-0.15, -0.1) is 0 Å². The van der Waals surface area contributed by atoms with Crippen LogP contribution in [0.25, 0.3) is 6.08 Å². The molecule has 3 rings (SSSR count). The quantitative estimate of drug-likeness (QED) is 0.115. The van der Waals surface area contributed by atoms with Gasteiger partial charge in [-0.3, -0.25) is 0 Å². The van der Waals surface area contributed by atoms with Crippen LogP contribution in [0.15, 0.2) is 66.8 Å². The number of carbonyl (C=O) groups is 3. The van der Waals surface area contributed by atoms with E-state index in [1.54, 1.807) is 54.6 Å². The Hall–Kier alpha value is -3.87. The molecule has 0 bridgehead atoms. The Morgan fingerprint density at radius 3 is 2.18 bits per heavy atom. The average Bonchev–Trinajstić information content (AvgIpc) is 3.25. The molecule has 202 valence electrons. The number of ether oxygens (including phenoxy) is 4. The van der Waals surface area contributed by atoms with Gasteiger partial charge in [-0.05, 0) is 67.3 Å². The van der Waals surface area contributed by atoms with E-state index in [-0.39, 0.29) is 12.1 Å². The fraction of sp³-hybridized carbons (Fsp3) is 0.387. The largest absolute Gasteiger partial charge is 0.494 e. The van der Waals surface area contributed by atoms with E-state index in [0.717, 1.165) is 43.4 Å². The Labute approximate surface area is 224 Å². The molecule has 0 aliphatic carbocycles. The molecule has 0 spiro atoms. The van der Waals surface area contributed by atoms with Gasteiger partial charge in [0.2, 0.25) is 0 Å². The van der Waals surface area contributed by atoms with Crippen molar-refractivity contribution in [1.82, 2.24) is 0 Å². The SMILES string of the molecule is C=C1CC(CCCCCCCCCOc2ccc(C(=O)Oc3ccc(C=CC(=O)OC)cc3)cc2)OC1=O. The van der Waals surface area contributed by atoms with Crippen molar-refractivity contribution in [2.24, 2.45) is 0 Å². The third kappa shape index (κ3) is 9.88. The fourth-order valence-electron chi connectivity index (χ4n) is 4.08. The fourth-order valence-corrected chi connectivity index (χ4v) is 4.08. The van der Waals surface area contributed by atoms with Crippen LogP contribution in [-0.4, -0.2) is 37.7 Å². The van der Waals surface area contributed by atoms with Crippen molar-refractivity contribution in [2.45, 2.75) is 63.9 Å². The van der Waals surface area contributed by atoms with Crippen molar-refractivity contribution in [3.8, 4) is 11.5 Å². The lowest BCUT2D eigenvalue weighted by atomic mass is 10.0. The Morgan fingerprint density at radius 1 is 0.921 bits per heavy atom. The van der Waals surface area contributed by atoms with Crippen molar-refractivity contribution in [3.05, 3.63) is 77.9 Å². The second-order valence-corrected chi connectivity index (χ2v) is 9.29. The number of carbonyl (C=O) groups excluding carboxylic acids is 3. The monoisotopic (exact) mass is 520 g/mol. The van der Waals surface area contributed by atoms with E-state index in [0.29, 0.717) is 29.9 Å². The van der Waals surface area contributed by atoms with Crippen LogP contribution in [0, 0.1) is 0 Å². The number of unbranched alkanes of at least 4 members (excludes halogenated alkanes) is 6. The molecule has 1 atom stereocenters. The summed E-state index contributed by atoms with van der Waals surface area (Å²) >= 11 is 0. The maximum absolute atomic E-state index is 12.4. The summed E-state index contributed by atoms with van der Waals surface area (Å²) in [5, 5.41) is 0. The van der Waals surface area contributed by atoms with Gasteiger partial charge < -0.3 is 18.9 Å². The summed E-state index contributed by atoms with van der Waals surface area (Å²) in [6.07, 6.45) is 12.5. The molecular formula is C31H36O7. The Balaban J connectivity index is 1.24. The summed E-state index contributed by atoms with van der Waals surface area (Å²) in [6, 6.07) is 13.7. The van der Waals surface area contributed by atoms with Gasteiger partial charge in [0.1, 0.15) is 17.6 Å². The summed E-state index contributed by atoms with van der Waals surface area (Å²) in [5.41, 5.74) is 1.82. The maximum Gasteiger partial charge on any atom is 0.343 e. The molecule has 1 aliphatic rings.